The number of hydrogen-bond acceptors (Lipinski definition) is 6. The molecule has 1 saturated heterocycles. The maximum Gasteiger partial charge on any atom is 0.410 e. The van der Waals surface area contributed by atoms with Crippen LogP contribution < -0.4 is 4.90 Å². The third kappa shape index (κ3) is 4.64. The van der Waals surface area contributed by atoms with E-state index in [1.54, 1.807) is 29.2 Å². The van der Waals surface area contributed by atoms with Gasteiger partial charge in [0.1, 0.15) is 34.8 Å². The third-order valence-electron chi connectivity index (χ3n) is 6.35. The predicted molar refractivity (Wildman–Crippen MR) is 140 cm³/mol. The minimum Gasteiger partial charge on any atom is -0.444 e. The Balaban J connectivity index is 1.51. The van der Waals surface area contributed by atoms with Gasteiger partial charge in [-0.2, -0.15) is 0 Å². The zero-order valence-electron chi connectivity index (χ0n) is 20.9. The summed E-state index contributed by atoms with van der Waals surface area (Å²) in [6.45, 7) is 8.81. The molecule has 0 N–H and O–H groups in total. The van der Waals surface area contributed by atoms with Crippen molar-refractivity contribution in [3.05, 3.63) is 59.5 Å². The highest BCUT2D eigenvalue weighted by Gasteiger charge is 2.32. The molecule has 1 fully saturated rings. The number of anilines is 1. The lowest BCUT2D eigenvalue weighted by molar-refractivity contribution is 0.0159. The molecule has 0 saturated carbocycles. The fraction of sp³-hybridized carbons (Fsp3) is 0.333. The number of carbonyl (C=O) groups is 1. The summed E-state index contributed by atoms with van der Waals surface area (Å²) in [4.78, 5) is 29.3. The number of ether oxygens (including phenoxy) is 1. The molecule has 2 aromatic heterocycles. The van der Waals surface area contributed by atoms with Gasteiger partial charge < -0.3 is 14.5 Å². The number of benzene rings is 2. The van der Waals surface area contributed by atoms with Crippen molar-refractivity contribution < 1.29 is 18.3 Å². The largest absolute Gasteiger partial charge is 0.444 e. The highest BCUT2D eigenvalue weighted by molar-refractivity contribution is 6.36. The van der Waals surface area contributed by atoms with E-state index >= 15 is 4.39 Å². The van der Waals surface area contributed by atoms with Crippen molar-refractivity contribution in [2.45, 2.75) is 39.3 Å². The van der Waals surface area contributed by atoms with E-state index in [4.69, 9.17) is 16.3 Å². The van der Waals surface area contributed by atoms with Crippen LogP contribution >= 0.6 is 11.6 Å². The van der Waals surface area contributed by atoms with E-state index in [1.807, 2.05) is 32.6 Å². The molecule has 5 rings (SSSR count). The summed E-state index contributed by atoms with van der Waals surface area (Å²) in [5.74, 6) is -0.706. The van der Waals surface area contributed by atoms with E-state index in [0.29, 0.717) is 47.2 Å². The van der Waals surface area contributed by atoms with Gasteiger partial charge in [-0.3, -0.25) is 4.98 Å². The second-order valence-corrected chi connectivity index (χ2v) is 10.5. The van der Waals surface area contributed by atoms with Gasteiger partial charge in [0.25, 0.3) is 0 Å². The number of fused-ring (bicyclic) bond motifs is 2. The van der Waals surface area contributed by atoms with Crippen molar-refractivity contribution in [1.82, 2.24) is 19.9 Å². The minimum atomic E-state index is -0.644. The Bertz CT molecular complexity index is 1520. The normalized spacial score (nSPS) is 16.5. The van der Waals surface area contributed by atoms with Crippen molar-refractivity contribution in [1.29, 1.82) is 0 Å². The Hall–Kier alpha value is -3.59. The Morgan fingerprint density at radius 3 is 2.62 bits per heavy atom. The van der Waals surface area contributed by atoms with Gasteiger partial charge in [-0.25, -0.2) is 23.5 Å². The lowest BCUT2D eigenvalue weighted by atomic mass is 10.0. The summed E-state index contributed by atoms with van der Waals surface area (Å²) in [6.07, 6.45) is 2.47. The Morgan fingerprint density at radius 1 is 1.11 bits per heavy atom. The Kier molecular flexibility index (Phi) is 6.35. The van der Waals surface area contributed by atoms with E-state index in [-0.39, 0.29) is 28.4 Å². The van der Waals surface area contributed by atoms with Gasteiger partial charge in [-0.1, -0.05) is 35.9 Å². The molecular weight excluding hydrogens is 500 g/mol. The molecule has 37 heavy (non-hydrogen) atoms. The molecule has 1 aliphatic rings. The summed E-state index contributed by atoms with van der Waals surface area (Å²) in [5, 5.41) is 1.41. The molecule has 0 radical (unpaired) electrons. The second-order valence-electron chi connectivity index (χ2n) is 10.1. The summed E-state index contributed by atoms with van der Waals surface area (Å²) in [7, 11) is 0. The lowest BCUT2D eigenvalue weighted by Crippen LogP contribution is -2.55. The van der Waals surface area contributed by atoms with Gasteiger partial charge in [0.2, 0.25) is 0 Å². The number of hydrogen-bond donors (Lipinski definition) is 0. The molecule has 10 heteroatoms. The number of piperazine rings is 1. The molecule has 1 atom stereocenters. The van der Waals surface area contributed by atoms with Crippen LogP contribution in [0, 0.1) is 11.6 Å². The molecule has 3 heterocycles. The molecular formula is C27H26ClF2N5O2. The molecule has 0 bridgehead atoms. The number of halogens is 3. The van der Waals surface area contributed by atoms with Crippen LogP contribution in [0.5, 0.6) is 0 Å². The van der Waals surface area contributed by atoms with Crippen LogP contribution in [0.1, 0.15) is 27.7 Å². The Morgan fingerprint density at radius 2 is 1.89 bits per heavy atom. The van der Waals surface area contributed by atoms with E-state index in [2.05, 4.69) is 15.0 Å². The Labute approximate surface area is 218 Å². The SMILES string of the molecule is C[C@H]1CN(c2ncnc3c(F)c(-c4cccc5ccc(F)c(Cl)c45)ncc23)CCN1C(=O)OC(C)(C)C. The number of aromatic nitrogens is 3. The highest BCUT2D eigenvalue weighted by atomic mass is 35.5. The molecule has 0 unspecified atom stereocenters. The summed E-state index contributed by atoms with van der Waals surface area (Å²) in [5.41, 5.74) is -0.0844. The first-order valence-corrected chi connectivity index (χ1v) is 12.3. The molecule has 1 aliphatic heterocycles. The fourth-order valence-corrected chi connectivity index (χ4v) is 4.94. The maximum atomic E-state index is 15.9. The number of amides is 1. The zero-order valence-corrected chi connectivity index (χ0v) is 21.7. The summed E-state index contributed by atoms with van der Waals surface area (Å²) in [6, 6.07) is 7.90. The topological polar surface area (TPSA) is 71.5 Å². The van der Waals surface area contributed by atoms with Crippen molar-refractivity contribution in [3.63, 3.8) is 0 Å². The van der Waals surface area contributed by atoms with E-state index in [1.165, 1.54) is 18.6 Å². The monoisotopic (exact) mass is 525 g/mol. The van der Waals surface area contributed by atoms with Crippen LogP contribution in [-0.4, -0.2) is 57.2 Å². The van der Waals surface area contributed by atoms with E-state index < -0.39 is 17.2 Å². The first kappa shape index (κ1) is 25.1. The summed E-state index contributed by atoms with van der Waals surface area (Å²) >= 11 is 6.27. The van der Waals surface area contributed by atoms with Gasteiger partial charge in [0.15, 0.2) is 5.82 Å². The van der Waals surface area contributed by atoms with Crippen LogP contribution in [0.25, 0.3) is 32.9 Å². The molecule has 192 valence electrons. The van der Waals surface area contributed by atoms with Crippen molar-refractivity contribution >= 4 is 45.2 Å². The maximum absolute atomic E-state index is 15.9. The third-order valence-corrected chi connectivity index (χ3v) is 6.72. The number of carbonyl (C=O) groups excluding carboxylic acids is 1. The number of pyridine rings is 1. The second kappa shape index (κ2) is 9.37. The molecule has 0 spiro atoms. The van der Waals surface area contributed by atoms with Crippen LogP contribution in [0.4, 0.5) is 19.4 Å². The van der Waals surface area contributed by atoms with Crippen molar-refractivity contribution in [3.8, 4) is 11.3 Å². The molecule has 1 amide bonds. The smallest absolute Gasteiger partial charge is 0.410 e. The zero-order chi connectivity index (χ0) is 26.5. The first-order chi connectivity index (χ1) is 17.5. The van der Waals surface area contributed by atoms with Gasteiger partial charge in [-0.05, 0) is 39.1 Å². The van der Waals surface area contributed by atoms with Crippen LogP contribution in [0.3, 0.4) is 0 Å². The average molecular weight is 526 g/mol. The van der Waals surface area contributed by atoms with Crippen LogP contribution in [-0.2, 0) is 4.74 Å². The van der Waals surface area contributed by atoms with E-state index in [0.717, 1.165) is 0 Å². The van der Waals surface area contributed by atoms with Gasteiger partial charge in [0, 0.05) is 42.8 Å². The average Bonchev–Trinajstić information content (AvgIpc) is 2.85. The minimum absolute atomic E-state index is 0.0263. The van der Waals surface area contributed by atoms with Crippen molar-refractivity contribution in [2.24, 2.45) is 0 Å². The quantitative estimate of drug-likeness (QED) is 0.309. The van der Waals surface area contributed by atoms with E-state index in [9.17, 15) is 9.18 Å². The summed E-state index contributed by atoms with van der Waals surface area (Å²) < 4.78 is 35.7. The van der Waals surface area contributed by atoms with Gasteiger partial charge in [0.05, 0.1) is 10.4 Å². The molecule has 2 aromatic carbocycles. The fourth-order valence-electron chi connectivity index (χ4n) is 4.67. The van der Waals surface area contributed by atoms with Gasteiger partial charge >= 0.3 is 6.09 Å². The predicted octanol–water partition coefficient (Wildman–Crippen LogP) is 6.22. The van der Waals surface area contributed by atoms with Crippen LogP contribution in [0.15, 0.2) is 42.9 Å². The molecule has 7 nitrogen and oxygen atoms in total. The lowest BCUT2D eigenvalue weighted by Gasteiger charge is -2.40. The molecule has 4 aromatic rings. The number of nitrogens with zero attached hydrogens (tertiary/aromatic N) is 5. The molecule has 0 aliphatic carbocycles. The number of rotatable bonds is 2. The van der Waals surface area contributed by atoms with Crippen molar-refractivity contribution in [2.75, 3.05) is 24.5 Å². The van der Waals surface area contributed by atoms with Crippen LogP contribution in [0.2, 0.25) is 5.02 Å². The first-order valence-electron chi connectivity index (χ1n) is 12.0. The highest BCUT2D eigenvalue weighted by Crippen LogP contribution is 2.37. The van der Waals surface area contributed by atoms with Gasteiger partial charge in [-0.15, -0.1) is 0 Å². The standard InChI is InChI=1S/C27H26ClF2N5O2/c1-15-13-34(10-11-35(15)26(36)37-27(2,3)4)25-18-12-31-23(22(30)24(18)32-14-33-25)17-7-5-6-16-8-9-19(29)21(28)20(16)17/h5-9,12,14-15H,10-11,13H2,1-4H3/t15-/m0/s1.